The van der Waals surface area contributed by atoms with Crippen LogP contribution in [0.5, 0.6) is 0 Å². The molecule has 0 aliphatic rings. The molecule has 0 bridgehead atoms. The summed E-state index contributed by atoms with van der Waals surface area (Å²) in [7, 11) is 0. The highest BCUT2D eigenvalue weighted by Crippen LogP contribution is 2.25. The molecule has 0 aliphatic carbocycles. The minimum atomic E-state index is 0.512. The van der Waals surface area contributed by atoms with Gasteiger partial charge in [-0.2, -0.15) is 0 Å². The van der Waals surface area contributed by atoms with Crippen molar-refractivity contribution in [3.8, 4) is 0 Å². The van der Waals surface area contributed by atoms with Crippen LogP contribution < -0.4 is 10.2 Å². The van der Waals surface area contributed by atoms with Gasteiger partial charge in [-0.15, -0.1) is 0 Å². The number of benzene rings is 1. The molecule has 0 atom stereocenters. The predicted octanol–water partition coefficient (Wildman–Crippen LogP) is 4.18. The Morgan fingerprint density at radius 3 is 2.56 bits per heavy atom. The topological polar surface area (TPSA) is 15.3 Å². The van der Waals surface area contributed by atoms with Crippen molar-refractivity contribution >= 4 is 21.6 Å². The van der Waals surface area contributed by atoms with Crippen LogP contribution in [-0.4, -0.2) is 19.1 Å². The van der Waals surface area contributed by atoms with E-state index in [1.807, 2.05) is 0 Å². The van der Waals surface area contributed by atoms with E-state index in [4.69, 9.17) is 0 Å². The lowest BCUT2D eigenvalue weighted by Crippen LogP contribution is -2.27. The Balaban J connectivity index is 2.93. The van der Waals surface area contributed by atoms with E-state index in [9.17, 15) is 0 Å². The van der Waals surface area contributed by atoms with Crippen LogP contribution in [0.15, 0.2) is 22.7 Å². The Labute approximate surface area is 120 Å². The van der Waals surface area contributed by atoms with Crippen LogP contribution in [0.4, 0.5) is 5.69 Å². The van der Waals surface area contributed by atoms with Gasteiger partial charge in [0, 0.05) is 35.8 Å². The van der Waals surface area contributed by atoms with E-state index < -0.39 is 0 Å². The van der Waals surface area contributed by atoms with E-state index in [-0.39, 0.29) is 0 Å². The van der Waals surface area contributed by atoms with Crippen molar-refractivity contribution < 1.29 is 0 Å². The summed E-state index contributed by atoms with van der Waals surface area (Å²) >= 11 is 3.57. The highest BCUT2D eigenvalue weighted by Gasteiger charge is 2.09. The van der Waals surface area contributed by atoms with Gasteiger partial charge in [0.15, 0.2) is 0 Å². The van der Waals surface area contributed by atoms with Crippen LogP contribution in [0.2, 0.25) is 0 Å². The largest absolute Gasteiger partial charge is 0.372 e. The molecule has 1 aromatic carbocycles. The van der Waals surface area contributed by atoms with Crippen molar-refractivity contribution in [2.24, 2.45) is 0 Å². The molecule has 0 fully saturated rings. The Kier molecular flexibility index (Phi) is 6.72. The van der Waals surface area contributed by atoms with E-state index >= 15 is 0 Å². The molecule has 1 rings (SSSR count). The van der Waals surface area contributed by atoms with Gasteiger partial charge < -0.3 is 10.2 Å². The molecule has 0 saturated heterocycles. The maximum atomic E-state index is 3.57. The highest BCUT2D eigenvalue weighted by molar-refractivity contribution is 9.10. The number of nitrogens with zero attached hydrogens (tertiary/aromatic N) is 1. The summed E-state index contributed by atoms with van der Waals surface area (Å²) in [4.78, 5) is 2.45. The zero-order valence-electron chi connectivity index (χ0n) is 12.0. The molecule has 1 N–H and O–H groups in total. The van der Waals surface area contributed by atoms with E-state index in [1.165, 1.54) is 17.7 Å². The molecule has 0 saturated carbocycles. The quantitative estimate of drug-likeness (QED) is 0.812. The van der Waals surface area contributed by atoms with Gasteiger partial charge in [-0.3, -0.25) is 0 Å². The van der Waals surface area contributed by atoms with E-state index in [2.05, 4.69) is 72.0 Å². The van der Waals surface area contributed by atoms with Gasteiger partial charge in [-0.05, 0) is 37.1 Å². The summed E-state index contributed by atoms with van der Waals surface area (Å²) in [5.74, 6) is 0. The fourth-order valence-corrected chi connectivity index (χ4v) is 2.45. The first kappa shape index (κ1) is 15.5. The summed E-state index contributed by atoms with van der Waals surface area (Å²) in [6.07, 6.45) is 1.18. The fourth-order valence-electron chi connectivity index (χ4n) is 2.04. The van der Waals surface area contributed by atoms with Crippen molar-refractivity contribution in [2.45, 2.75) is 46.7 Å². The second kappa shape index (κ2) is 7.80. The van der Waals surface area contributed by atoms with Crippen molar-refractivity contribution in [2.75, 3.05) is 18.0 Å². The minimum absolute atomic E-state index is 0.512. The zero-order chi connectivity index (χ0) is 13.5. The van der Waals surface area contributed by atoms with Crippen molar-refractivity contribution in [3.05, 3.63) is 28.2 Å². The lowest BCUT2D eigenvalue weighted by atomic mass is 10.1. The van der Waals surface area contributed by atoms with Crippen LogP contribution in [0.25, 0.3) is 0 Å². The fraction of sp³-hybridized carbons (Fsp3) is 0.600. The second-order valence-corrected chi connectivity index (χ2v) is 5.80. The molecule has 102 valence electrons. The van der Waals surface area contributed by atoms with Gasteiger partial charge in [-0.1, -0.05) is 36.7 Å². The molecular formula is C15H25BrN2. The van der Waals surface area contributed by atoms with Gasteiger partial charge in [0.05, 0.1) is 0 Å². The van der Waals surface area contributed by atoms with Crippen molar-refractivity contribution in [1.29, 1.82) is 0 Å². The van der Waals surface area contributed by atoms with Crippen LogP contribution in [0.1, 0.15) is 39.7 Å². The number of hydrogen-bond acceptors (Lipinski definition) is 2. The number of nitrogens with one attached hydrogen (secondary N) is 1. The molecule has 0 radical (unpaired) electrons. The molecule has 2 nitrogen and oxygen atoms in total. The highest BCUT2D eigenvalue weighted by atomic mass is 79.9. The molecule has 3 heteroatoms. The molecule has 0 aromatic heterocycles. The Morgan fingerprint density at radius 2 is 2.00 bits per heavy atom. The van der Waals surface area contributed by atoms with Crippen molar-refractivity contribution in [3.63, 3.8) is 0 Å². The average Bonchev–Trinajstić information content (AvgIpc) is 2.34. The standard InChI is InChI=1S/C15H25BrN2/c1-5-9-18(6-2)15-8-7-14(16)10-13(15)11-17-12(3)4/h7-8,10,12,17H,5-6,9,11H2,1-4H3. The zero-order valence-corrected chi connectivity index (χ0v) is 13.5. The number of halogens is 1. The molecule has 0 aliphatic heterocycles. The van der Waals surface area contributed by atoms with Gasteiger partial charge in [0.25, 0.3) is 0 Å². The first-order chi connectivity index (χ1) is 8.58. The Morgan fingerprint density at radius 1 is 1.28 bits per heavy atom. The third-order valence-electron chi connectivity index (χ3n) is 2.96. The maximum absolute atomic E-state index is 3.57. The predicted molar refractivity (Wildman–Crippen MR) is 84.3 cm³/mol. The maximum Gasteiger partial charge on any atom is 0.0412 e. The van der Waals surface area contributed by atoms with Gasteiger partial charge in [0.2, 0.25) is 0 Å². The average molecular weight is 313 g/mol. The van der Waals surface area contributed by atoms with Crippen LogP contribution >= 0.6 is 15.9 Å². The number of hydrogen-bond donors (Lipinski definition) is 1. The summed E-state index contributed by atoms with van der Waals surface area (Å²) < 4.78 is 1.15. The summed E-state index contributed by atoms with van der Waals surface area (Å²) in [6, 6.07) is 7.09. The lowest BCUT2D eigenvalue weighted by Gasteiger charge is -2.26. The molecule has 18 heavy (non-hydrogen) atoms. The van der Waals surface area contributed by atoms with E-state index in [0.717, 1.165) is 24.1 Å². The molecule has 0 amide bonds. The Bertz CT molecular complexity index is 364. The third kappa shape index (κ3) is 4.62. The molecule has 0 heterocycles. The van der Waals surface area contributed by atoms with E-state index in [1.54, 1.807) is 0 Å². The normalized spacial score (nSPS) is 11.0. The first-order valence-corrected chi connectivity index (χ1v) is 7.64. The van der Waals surface area contributed by atoms with E-state index in [0.29, 0.717) is 6.04 Å². The second-order valence-electron chi connectivity index (χ2n) is 4.89. The van der Waals surface area contributed by atoms with Gasteiger partial charge in [0.1, 0.15) is 0 Å². The number of rotatable bonds is 7. The smallest absolute Gasteiger partial charge is 0.0412 e. The summed E-state index contributed by atoms with van der Waals surface area (Å²) in [6.45, 7) is 11.9. The first-order valence-electron chi connectivity index (χ1n) is 6.85. The summed E-state index contributed by atoms with van der Waals surface area (Å²) in [5, 5.41) is 3.50. The molecule has 0 unspecified atom stereocenters. The van der Waals surface area contributed by atoms with Gasteiger partial charge >= 0.3 is 0 Å². The summed E-state index contributed by atoms with van der Waals surface area (Å²) in [5.41, 5.74) is 2.73. The van der Waals surface area contributed by atoms with Gasteiger partial charge in [-0.25, -0.2) is 0 Å². The molecular weight excluding hydrogens is 288 g/mol. The van der Waals surface area contributed by atoms with Crippen molar-refractivity contribution in [1.82, 2.24) is 5.32 Å². The van der Waals surface area contributed by atoms with Crippen LogP contribution in [-0.2, 0) is 6.54 Å². The lowest BCUT2D eigenvalue weighted by molar-refractivity contribution is 0.587. The Hall–Kier alpha value is -0.540. The third-order valence-corrected chi connectivity index (χ3v) is 3.45. The monoisotopic (exact) mass is 312 g/mol. The molecule has 1 aromatic rings. The number of anilines is 1. The van der Waals surface area contributed by atoms with Crippen LogP contribution in [0.3, 0.4) is 0 Å². The molecule has 0 spiro atoms. The van der Waals surface area contributed by atoms with Crippen LogP contribution in [0, 0.1) is 0 Å². The minimum Gasteiger partial charge on any atom is -0.372 e. The SMILES string of the molecule is CCCN(CC)c1ccc(Br)cc1CNC(C)C.